The Hall–Kier alpha value is -4.09. The number of amides is 1. The molecular formula is C39H47N5O4S. The summed E-state index contributed by atoms with van der Waals surface area (Å²) in [6.07, 6.45) is 6.28. The number of aliphatic hydroxyl groups is 2. The first-order valence-electron chi connectivity index (χ1n) is 17.2. The maximum atomic E-state index is 13.0. The van der Waals surface area contributed by atoms with Gasteiger partial charge in [-0.25, -0.2) is 14.8 Å². The van der Waals surface area contributed by atoms with Crippen molar-refractivity contribution in [2.45, 2.75) is 70.3 Å². The van der Waals surface area contributed by atoms with Crippen LogP contribution in [0.4, 0.5) is 4.79 Å². The molecule has 3 N–H and O–H groups in total. The fourth-order valence-corrected chi connectivity index (χ4v) is 7.61. The van der Waals surface area contributed by atoms with Crippen LogP contribution in [0, 0.1) is 5.92 Å². The van der Waals surface area contributed by atoms with Crippen LogP contribution in [0.1, 0.15) is 56.3 Å². The van der Waals surface area contributed by atoms with Gasteiger partial charge in [0.05, 0.1) is 12.1 Å². The first-order valence-corrected chi connectivity index (χ1v) is 18.0. The summed E-state index contributed by atoms with van der Waals surface area (Å²) in [5, 5.41) is 29.0. The van der Waals surface area contributed by atoms with E-state index in [0.717, 1.165) is 40.7 Å². The van der Waals surface area contributed by atoms with Gasteiger partial charge < -0.3 is 29.7 Å². The van der Waals surface area contributed by atoms with Crippen molar-refractivity contribution in [2.24, 2.45) is 5.92 Å². The first-order chi connectivity index (χ1) is 23.7. The number of benzene rings is 2. The third kappa shape index (κ3) is 8.75. The van der Waals surface area contributed by atoms with Crippen LogP contribution in [-0.4, -0.2) is 79.7 Å². The zero-order valence-electron chi connectivity index (χ0n) is 28.5. The molecule has 0 saturated heterocycles. The lowest BCUT2D eigenvalue weighted by Gasteiger charge is -2.27. The maximum Gasteiger partial charge on any atom is 0.410 e. The highest BCUT2D eigenvalue weighted by Gasteiger charge is 2.42. The molecule has 10 heteroatoms. The number of hydrogen-bond acceptors (Lipinski definition) is 8. The first kappa shape index (κ1) is 34.8. The molecule has 49 heavy (non-hydrogen) atoms. The summed E-state index contributed by atoms with van der Waals surface area (Å²) in [4.78, 5) is 24.8. The summed E-state index contributed by atoms with van der Waals surface area (Å²) in [7, 11) is 0. The lowest BCUT2D eigenvalue weighted by atomic mass is 10.1. The molecule has 2 aromatic carbocycles. The van der Waals surface area contributed by atoms with Crippen LogP contribution in [0.2, 0.25) is 0 Å². The molecule has 258 valence electrons. The second-order valence-electron chi connectivity index (χ2n) is 14.0. The zero-order chi connectivity index (χ0) is 34.4. The number of nitrogens with zero attached hydrogens (tertiary/aromatic N) is 4. The van der Waals surface area contributed by atoms with Gasteiger partial charge in [-0.15, -0.1) is 11.3 Å². The van der Waals surface area contributed by atoms with E-state index in [-0.39, 0.29) is 18.1 Å². The number of aromatic nitrogens is 3. The second-order valence-corrected chi connectivity index (χ2v) is 14.9. The third-order valence-electron chi connectivity index (χ3n) is 9.15. The van der Waals surface area contributed by atoms with Crippen molar-refractivity contribution in [3.63, 3.8) is 0 Å². The van der Waals surface area contributed by atoms with E-state index in [4.69, 9.17) is 4.74 Å². The predicted molar refractivity (Wildman–Crippen MR) is 195 cm³/mol. The number of thiophene rings is 1. The normalized spacial score (nSPS) is 19.4. The van der Waals surface area contributed by atoms with E-state index < -0.39 is 17.8 Å². The van der Waals surface area contributed by atoms with Gasteiger partial charge in [0.1, 0.15) is 23.7 Å². The topological polar surface area (TPSA) is 113 Å². The van der Waals surface area contributed by atoms with Crippen LogP contribution in [0.25, 0.3) is 21.5 Å². The van der Waals surface area contributed by atoms with Crippen LogP contribution >= 0.6 is 11.3 Å². The van der Waals surface area contributed by atoms with E-state index in [1.165, 1.54) is 23.0 Å². The molecule has 1 saturated carbocycles. The molecule has 1 amide bonds. The standard InChI is InChI=1S/C39H47N5O4S/c1-39(2,3)48-38(47)43(18-15-27-11-6-4-7-12-27)17-10-16-40-22-30-21-33(36(46)35(30)45)44-24-32(31-23-41-26-42-37(31)44)34-20-29(25-49-34)19-28-13-8-5-9-14-28/h4-9,11-14,20,23-26,30,33,35-36,40,45-46H,10,15-19,21-22H2,1-3H3/t30-,33-,35-,36+/m1/s1. The van der Waals surface area contributed by atoms with E-state index in [1.54, 1.807) is 16.2 Å². The molecule has 1 aliphatic carbocycles. The van der Waals surface area contributed by atoms with Crippen molar-refractivity contribution in [3.05, 3.63) is 108 Å². The molecule has 5 aromatic rings. The Morgan fingerprint density at radius 1 is 1.02 bits per heavy atom. The number of nitrogens with one attached hydrogen (secondary N) is 1. The van der Waals surface area contributed by atoms with Crippen molar-refractivity contribution < 1.29 is 19.7 Å². The van der Waals surface area contributed by atoms with Crippen LogP contribution < -0.4 is 5.32 Å². The minimum atomic E-state index is -0.928. The van der Waals surface area contributed by atoms with Gasteiger partial charge >= 0.3 is 6.09 Å². The summed E-state index contributed by atoms with van der Waals surface area (Å²) < 4.78 is 7.72. The predicted octanol–water partition coefficient (Wildman–Crippen LogP) is 6.49. The monoisotopic (exact) mass is 681 g/mol. The highest BCUT2D eigenvalue weighted by atomic mass is 32.1. The van der Waals surface area contributed by atoms with E-state index in [9.17, 15) is 15.0 Å². The largest absolute Gasteiger partial charge is 0.444 e. The van der Waals surface area contributed by atoms with Crippen molar-refractivity contribution in [2.75, 3.05) is 26.2 Å². The third-order valence-corrected chi connectivity index (χ3v) is 10.2. The number of hydrogen-bond donors (Lipinski definition) is 3. The molecule has 3 aromatic heterocycles. The van der Waals surface area contributed by atoms with Gasteiger partial charge in [0.15, 0.2) is 0 Å². The van der Waals surface area contributed by atoms with E-state index in [2.05, 4.69) is 69.3 Å². The number of ether oxygens (including phenoxy) is 1. The van der Waals surface area contributed by atoms with Crippen LogP contribution in [-0.2, 0) is 17.6 Å². The van der Waals surface area contributed by atoms with Crippen molar-refractivity contribution in [1.82, 2.24) is 24.8 Å². The van der Waals surface area contributed by atoms with Crippen molar-refractivity contribution >= 4 is 28.5 Å². The quantitative estimate of drug-likeness (QED) is 0.122. The van der Waals surface area contributed by atoms with Gasteiger partial charge in [0.25, 0.3) is 0 Å². The zero-order valence-corrected chi connectivity index (χ0v) is 29.4. The SMILES string of the molecule is CC(C)(C)OC(=O)N(CCCNC[C@H]1C[C@@H](n2cc(-c3cc(Cc4ccccc4)cs3)c3cncnc32)[C@H](O)[C@@H]1O)CCc1ccccc1. The lowest BCUT2D eigenvalue weighted by Crippen LogP contribution is -2.40. The van der Waals surface area contributed by atoms with Gasteiger partial charge in [0, 0.05) is 53.8 Å². The van der Waals surface area contributed by atoms with Gasteiger partial charge in [-0.3, -0.25) is 0 Å². The van der Waals surface area contributed by atoms with E-state index >= 15 is 0 Å². The highest BCUT2D eigenvalue weighted by molar-refractivity contribution is 7.13. The Labute approximate surface area is 292 Å². The molecule has 0 unspecified atom stereocenters. The number of carbonyl (C=O) groups is 1. The Morgan fingerprint density at radius 2 is 1.76 bits per heavy atom. The fraction of sp³-hybridized carbons (Fsp3) is 0.410. The molecular weight excluding hydrogens is 635 g/mol. The van der Waals surface area contributed by atoms with Gasteiger partial charge in [0.2, 0.25) is 0 Å². The number of rotatable bonds is 13. The smallest absolute Gasteiger partial charge is 0.410 e. The van der Waals surface area contributed by atoms with Crippen LogP contribution in [0.15, 0.2) is 90.8 Å². The Morgan fingerprint density at radius 3 is 2.49 bits per heavy atom. The Balaban J connectivity index is 1.07. The molecule has 6 rings (SSSR count). The van der Waals surface area contributed by atoms with Crippen molar-refractivity contribution in [1.29, 1.82) is 0 Å². The molecule has 9 nitrogen and oxygen atoms in total. The van der Waals surface area contributed by atoms with Gasteiger partial charge in [-0.2, -0.15) is 0 Å². The summed E-state index contributed by atoms with van der Waals surface area (Å²) in [5.74, 6) is -0.137. The molecule has 4 atom stereocenters. The van der Waals surface area contributed by atoms with Crippen molar-refractivity contribution in [3.8, 4) is 10.4 Å². The molecule has 0 spiro atoms. The Bertz CT molecular complexity index is 1800. The molecule has 1 aliphatic rings. The molecule has 1 fully saturated rings. The average molecular weight is 682 g/mol. The highest BCUT2D eigenvalue weighted by Crippen LogP contribution is 2.41. The lowest BCUT2D eigenvalue weighted by molar-refractivity contribution is 0.00687. The molecule has 0 radical (unpaired) electrons. The van der Waals surface area contributed by atoms with Gasteiger partial charge in [-0.05, 0) is 81.1 Å². The minimum absolute atomic E-state index is 0.137. The number of carbonyl (C=O) groups excluding carboxylic acids is 1. The second kappa shape index (κ2) is 15.6. The van der Waals surface area contributed by atoms with Crippen LogP contribution in [0.3, 0.4) is 0 Å². The summed E-state index contributed by atoms with van der Waals surface area (Å²) in [6.45, 7) is 8.00. The maximum absolute atomic E-state index is 13.0. The summed E-state index contributed by atoms with van der Waals surface area (Å²) in [5.41, 5.74) is 4.91. The van der Waals surface area contributed by atoms with Crippen LogP contribution in [0.5, 0.6) is 0 Å². The number of fused-ring (bicyclic) bond motifs is 1. The Kier molecular flexibility index (Phi) is 11.1. The number of aliphatic hydroxyl groups excluding tert-OH is 2. The minimum Gasteiger partial charge on any atom is -0.444 e. The fourth-order valence-electron chi connectivity index (χ4n) is 6.67. The summed E-state index contributed by atoms with van der Waals surface area (Å²) >= 11 is 1.69. The molecule has 3 heterocycles. The van der Waals surface area contributed by atoms with E-state index in [0.29, 0.717) is 32.6 Å². The average Bonchev–Trinajstić information content (AvgIpc) is 3.78. The van der Waals surface area contributed by atoms with E-state index in [1.807, 2.05) is 55.8 Å². The summed E-state index contributed by atoms with van der Waals surface area (Å²) in [6, 6.07) is 22.5. The molecule has 0 bridgehead atoms. The molecule has 0 aliphatic heterocycles. The van der Waals surface area contributed by atoms with Gasteiger partial charge in [-0.1, -0.05) is 60.7 Å².